The molecule has 28 heavy (non-hydrogen) atoms. The minimum absolute atomic E-state index is 0.127. The molecule has 0 N–H and O–H groups in total. The third-order valence-electron chi connectivity index (χ3n) is 5.20. The average Bonchev–Trinajstić information content (AvgIpc) is 2.98. The first-order chi connectivity index (χ1) is 13.7. The second-order valence-electron chi connectivity index (χ2n) is 7.28. The van der Waals surface area contributed by atoms with Crippen molar-refractivity contribution in [3.8, 4) is 0 Å². The van der Waals surface area contributed by atoms with Crippen molar-refractivity contribution in [1.82, 2.24) is 4.90 Å². The fourth-order valence-electron chi connectivity index (χ4n) is 3.69. The quantitative estimate of drug-likeness (QED) is 0.532. The van der Waals surface area contributed by atoms with Crippen LogP contribution < -0.4 is 0 Å². The van der Waals surface area contributed by atoms with Crippen LogP contribution in [0.25, 0.3) is 6.08 Å². The second-order valence-corrected chi connectivity index (χ2v) is 9.42. The van der Waals surface area contributed by atoms with E-state index in [1.54, 1.807) is 11.8 Å². The van der Waals surface area contributed by atoms with E-state index in [1.165, 1.54) is 29.1 Å². The second kappa shape index (κ2) is 9.01. The van der Waals surface area contributed by atoms with Crippen LogP contribution in [-0.2, 0) is 4.79 Å². The molecule has 2 amide bonds. The first-order valence-electron chi connectivity index (χ1n) is 9.77. The van der Waals surface area contributed by atoms with Crippen LogP contribution in [0.3, 0.4) is 0 Å². The maximum absolute atomic E-state index is 12.7. The molecule has 3 nitrogen and oxygen atoms in total. The highest BCUT2D eigenvalue weighted by Crippen LogP contribution is 2.35. The van der Waals surface area contributed by atoms with E-state index in [0.29, 0.717) is 17.4 Å². The van der Waals surface area contributed by atoms with Gasteiger partial charge in [-0.2, -0.15) is 0 Å². The van der Waals surface area contributed by atoms with Crippen LogP contribution in [0.4, 0.5) is 4.79 Å². The summed E-state index contributed by atoms with van der Waals surface area (Å²) >= 11 is 2.77. The van der Waals surface area contributed by atoms with Crippen molar-refractivity contribution in [2.24, 2.45) is 5.92 Å². The topological polar surface area (TPSA) is 37.4 Å². The van der Waals surface area contributed by atoms with Crippen LogP contribution in [0.2, 0.25) is 0 Å². The highest BCUT2D eigenvalue weighted by atomic mass is 32.2. The number of hydrogen-bond donors (Lipinski definition) is 0. The van der Waals surface area contributed by atoms with Gasteiger partial charge in [0.25, 0.3) is 11.1 Å². The molecule has 144 valence electrons. The smallest absolute Gasteiger partial charge is 0.268 e. The molecule has 0 spiro atoms. The Morgan fingerprint density at radius 2 is 1.61 bits per heavy atom. The van der Waals surface area contributed by atoms with E-state index >= 15 is 0 Å². The number of rotatable bonds is 5. The molecule has 1 aliphatic carbocycles. The zero-order chi connectivity index (χ0) is 19.3. The average molecular weight is 410 g/mol. The monoisotopic (exact) mass is 409 g/mol. The lowest BCUT2D eigenvalue weighted by Gasteiger charge is -2.25. The molecule has 1 heterocycles. The highest BCUT2D eigenvalue weighted by molar-refractivity contribution is 8.18. The van der Waals surface area contributed by atoms with Crippen molar-refractivity contribution in [2.75, 3.05) is 6.54 Å². The van der Waals surface area contributed by atoms with E-state index in [1.807, 2.05) is 36.4 Å². The summed E-state index contributed by atoms with van der Waals surface area (Å²) in [6.45, 7) is 0.578. The molecule has 2 fully saturated rings. The lowest BCUT2D eigenvalue weighted by Crippen LogP contribution is -2.34. The summed E-state index contributed by atoms with van der Waals surface area (Å²) in [5, 5.41) is -0.127. The molecule has 2 aromatic rings. The van der Waals surface area contributed by atoms with Crippen molar-refractivity contribution in [1.29, 1.82) is 0 Å². The summed E-state index contributed by atoms with van der Waals surface area (Å²) in [5.41, 5.74) is 0.945. The molecule has 0 bridgehead atoms. The summed E-state index contributed by atoms with van der Waals surface area (Å²) in [4.78, 5) is 29.4. The third-order valence-corrected chi connectivity index (χ3v) is 7.12. The maximum Gasteiger partial charge on any atom is 0.293 e. The van der Waals surface area contributed by atoms with Gasteiger partial charge in [-0.15, -0.1) is 0 Å². The molecule has 2 aliphatic rings. The molecule has 0 unspecified atom stereocenters. The minimum atomic E-state index is -0.136. The van der Waals surface area contributed by atoms with Crippen LogP contribution in [0.5, 0.6) is 0 Å². The number of nitrogens with zero attached hydrogens (tertiary/aromatic N) is 1. The van der Waals surface area contributed by atoms with Crippen LogP contribution in [-0.4, -0.2) is 22.6 Å². The number of imide groups is 1. The van der Waals surface area contributed by atoms with E-state index in [0.717, 1.165) is 35.1 Å². The van der Waals surface area contributed by atoms with Gasteiger partial charge in [0.05, 0.1) is 4.91 Å². The summed E-state index contributed by atoms with van der Waals surface area (Å²) in [5.74, 6) is 0.333. The highest BCUT2D eigenvalue weighted by Gasteiger charge is 2.36. The Balaban J connectivity index is 1.42. The summed E-state index contributed by atoms with van der Waals surface area (Å²) in [7, 11) is 0. The van der Waals surface area contributed by atoms with Crippen LogP contribution in [0, 0.1) is 5.92 Å². The zero-order valence-electron chi connectivity index (χ0n) is 15.7. The number of benzene rings is 2. The Hall–Kier alpha value is -1.98. The molecule has 5 heteroatoms. The van der Waals surface area contributed by atoms with Gasteiger partial charge < -0.3 is 0 Å². The SMILES string of the molecule is O=C1S/C(=C/c2ccc(Sc3ccccc3)cc2)C(=O)N1CC1CCCCC1. The molecule has 0 atom stereocenters. The van der Waals surface area contributed by atoms with Gasteiger partial charge in [0.15, 0.2) is 0 Å². The van der Waals surface area contributed by atoms with Gasteiger partial charge in [-0.05, 0) is 66.4 Å². The van der Waals surface area contributed by atoms with Crippen molar-refractivity contribution in [3.05, 3.63) is 65.1 Å². The lowest BCUT2D eigenvalue weighted by atomic mass is 9.89. The molecule has 1 aliphatic heterocycles. The molecule has 4 rings (SSSR count). The van der Waals surface area contributed by atoms with E-state index in [9.17, 15) is 9.59 Å². The first kappa shape index (κ1) is 19.3. The number of carbonyl (C=O) groups is 2. The fraction of sp³-hybridized carbons (Fsp3) is 0.304. The predicted molar refractivity (Wildman–Crippen MR) is 116 cm³/mol. The Kier molecular flexibility index (Phi) is 6.23. The van der Waals surface area contributed by atoms with Crippen molar-refractivity contribution < 1.29 is 9.59 Å². The standard InChI is InChI=1S/C23H23NO2S2/c25-22-21(28-23(26)24(22)16-18-7-3-1-4-8-18)15-17-11-13-20(14-12-17)27-19-9-5-2-6-10-19/h2,5-6,9-15,18H,1,3-4,7-8,16H2/b21-15+. The Labute approximate surface area is 174 Å². The Morgan fingerprint density at radius 3 is 2.32 bits per heavy atom. The van der Waals surface area contributed by atoms with E-state index in [-0.39, 0.29) is 11.1 Å². The molecule has 1 saturated heterocycles. The van der Waals surface area contributed by atoms with Gasteiger partial charge in [-0.1, -0.05) is 61.4 Å². The normalized spacial score (nSPS) is 19.6. The van der Waals surface area contributed by atoms with Gasteiger partial charge in [0.1, 0.15) is 0 Å². The molecule has 1 saturated carbocycles. The van der Waals surface area contributed by atoms with Crippen LogP contribution in [0.1, 0.15) is 37.7 Å². The Morgan fingerprint density at radius 1 is 0.929 bits per heavy atom. The molecular weight excluding hydrogens is 386 g/mol. The van der Waals surface area contributed by atoms with E-state index in [4.69, 9.17) is 0 Å². The van der Waals surface area contributed by atoms with Crippen LogP contribution >= 0.6 is 23.5 Å². The third kappa shape index (κ3) is 4.70. The summed E-state index contributed by atoms with van der Waals surface area (Å²) in [6, 6.07) is 18.3. The lowest BCUT2D eigenvalue weighted by molar-refractivity contribution is -0.123. The number of thioether (sulfide) groups is 1. The summed E-state index contributed by atoms with van der Waals surface area (Å²) < 4.78 is 0. The van der Waals surface area contributed by atoms with Gasteiger partial charge in [-0.25, -0.2) is 0 Å². The van der Waals surface area contributed by atoms with Gasteiger partial charge in [-0.3, -0.25) is 14.5 Å². The first-order valence-corrected chi connectivity index (χ1v) is 11.4. The summed E-state index contributed by atoms with van der Waals surface area (Å²) in [6.07, 6.45) is 7.79. The van der Waals surface area contributed by atoms with Gasteiger partial charge in [0.2, 0.25) is 0 Å². The number of carbonyl (C=O) groups excluding carboxylic acids is 2. The van der Waals surface area contributed by atoms with Gasteiger partial charge in [0, 0.05) is 16.3 Å². The van der Waals surface area contributed by atoms with Crippen molar-refractivity contribution in [2.45, 2.75) is 41.9 Å². The molecule has 2 aromatic carbocycles. The van der Waals surface area contributed by atoms with E-state index < -0.39 is 0 Å². The maximum atomic E-state index is 12.7. The largest absolute Gasteiger partial charge is 0.293 e. The fourth-order valence-corrected chi connectivity index (χ4v) is 5.38. The molecule has 0 radical (unpaired) electrons. The zero-order valence-corrected chi connectivity index (χ0v) is 17.3. The van der Waals surface area contributed by atoms with Gasteiger partial charge >= 0.3 is 0 Å². The minimum Gasteiger partial charge on any atom is -0.268 e. The molecule has 0 aromatic heterocycles. The van der Waals surface area contributed by atoms with Crippen molar-refractivity contribution >= 4 is 40.7 Å². The predicted octanol–water partition coefficient (Wildman–Crippen LogP) is 6.45. The molecular formula is C23H23NO2S2. The number of amides is 2. The van der Waals surface area contributed by atoms with E-state index in [2.05, 4.69) is 24.3 Å². The van der Waals surface area contributed by atoms with Crippen molar-refractivity contribution in [3.63, 3.8) is 0 Å². The van der Waals surface area contributed by atoms with Crippen LogP contribution in [0.15, 0.2) is 69.3 Å². The number of hydrogen-bond acceptors (Lipinski definition) is 4. The Bertz CT molecular complexity index is 871.